The van der Waals surface area contributed by atoms with Crippen LogP contribution in [0.1, 0.15) is 32.6 Å². The van der Waals surface area contributed by atoms with Crippen LogP contribution in [0.5, 0.6) is 0 Å². The first-order chi connectivity index (χ1) is 17.1. The zero-order valence-electron chi connectivity index (χ0n) is 20.0. The van der Waals surface area contributed by atoms with Crippen LogP contribution < -0.4 is 5.73 Å². The number of carbonyl (C=O) groups excluding carboxylic acids is 3. The van der Waals surface area contributed by atoms with Crippen molar-refractivity contribution in [3.05, 3.63) is 36.2 Å². The van der Waals surface area contributed by atoms with Crippen LogP contribution in [-0.4, -0.2) is 62.3 Å². The molecule has 4 rings (SSSR count). The van der Waals surface area contributed by atoms with Crippen molar-refractivity contribution >= 4 is 46.8 Å². The minimum atomic E-state index is -1.08. The van der Waals surface area contributed by atoms with Crippen LogP contribution in [-0.2, 0) is 33.3 Å². The van der Waals surface area contributed by atoms with E-state index in [4.69, 9.17) is 24.7 Å². The van der Waals surface area contributed by atoms with Crippen LogP contribution in [0.2, 0.25) is 0 Å². The lowest BCUT2D eigenvalue weighted by Gasteiger charge is -2.23. The molecule has 1 aliphatic rings. The van der Waals surface area contributed by atoms with Crippen LogP contribution >= 0.6 is 11.8 Å². The number of carbonyl (C=O) groups is 3. The fraction of sp³-hybridized carbons (Fsp3) is 0.391. The molecule has 36 heavy (non-hydrogen) atoms. The highest BCUT2D eigenvalue weighted by molar-refractivity contribution is 7.99. The lowest BCUT2D eigenvalue weighted by atomic mass is 10.1. The van der Waals surface area contributed by atoms with E-state index in [-0.39, 0.29) is 12.6 Å². The van der Waals surface area contributed by atoms with E-state index in [0.29, 0.717) is 16.2 Å². The fourth-order valence-corrected chi connectivity index (χ4v) is 4.67. The number of nitrogens with two attached hydrogens (primary N) is 1. The largest absolute Gasteiger partial charge is 0.463 e. The average molecular weight is 516 g/mol. The smallest absolute Gasteiger partial charge is 0.303 e. The van der Waals surface area contributed by atoms with Gasteiger partial charge in [-0.05, 0) is 19.1 Å². The summed E-state index contributed by atoms with van der Waals surface area (Å²) in [6.45, 7) is 5.46. The van der Waals surface area contributed by atoms with Crippen molar-refractivity contribution in [3.8, 4) is 0 Å². The summed E-state index contributed by atoms with van der Waals surface area (Å²) in [5.41, 5.74) is 7.92. The number of nitrogens with zero attached hydrogens (tertiary/aromatic N) is 4. The zero-order valence-corrected chi connectivity index (χ0v) is 20.9. The molecular weight excluding hydrogens is 490 g/mol. The number of imidazole rings is 1. The van der Waals surface area contributed by atoms with Gasteiger partial charge in [-0.1, -0.05) is 29.5 Å². The first-order valence-electron chi connectivity index (χ1n) is 11.0. The second kappa shape index (κ2) is 10.5. The van der Waals surface area contributed by atoms with Crippen molar-refractivity contribution in [1.82, 2.24) is 19.5 Å². The van der Waals surface area contributed by atoms with Crippen molar-refractivity contribution in [2.24, 2.45) is 0 Å². The number of hydrogen-bond donors (Lipinski definition) is 1. The highest BCUT2D eigenvalue weighted by Crippen LogP contribution is 2.38. The molecule has 2 aromatic heterocycles. The Balaban J connectivity index is 1.74. The van der Waals surface area contributed by atoms with E-state index in [1.165, 1.54) is 43.4 Å². The Morgan fingerprint density at radius 2 is 1.69 bits per heavy atom. The second-order valence-corrected chi connectivity index (χ2v) is 9.20. The minimum Gasteiger partial charge on any atom is -0.463 e. The first-order valence-corrected chi connectivity index (χ1v) is 11.8. The summed E-state index contributed by atoms with van der Waals surface area (Å²) in [6, 6.07) is 7.89. The van der Waals surface area contributed by atoms with Gasteiger partial charge in [0, 0.05) is 25.7 Å². The summed E-state index contributed by atoms with van der Waals surface area (Å²) in [6.07, 6.45) is -2.58. The van der Waals surface area contributed by atoms with Gasteiger partial charge in [0.2, 0.25) is 5.95 Å². The Kier molecular flexibility index (Phi) is 7.40. The summed E-state index contributed by atoms with van der Waals surface area (Å²) >= 11 is 1.37. The molecule has 1 aromatic carbocycles. The van der Waals surface area contributed by atoms with Crippen molar-refractivity contribution in [2.75, 3.05) is 12.3 Å². The Morgan fingerprint density at radius 3 is 2.33 bits per heavy atom. The molecule has 3 aromatic rings. The predicted octanol–water partition coefficient (Wildman–Crippen LogP) is 2.19. The van der Waals surface area contributed by atoms with E-state index in [9.17, 15) is 14.4 Å². The molecule has 3 heterocycles. The maximum absolute atomic E-state index is 11.9. The number of hydrogen-bond acceptors (Lipinski definition) is 12. The number of anilines is 1. The number of ether oxygens (including phenoxy) is 4. The topological polar surface area (TPSA) is 158 Å². The molecule has 4 atom stereocenters. The molecule has 12 nitrogen and oxygen atoms in total. The Hall–Kier alpha value is -3.71. The number of nitrogen functional groups attached to an aromatic ring is 1. The summed E-state index contributed by atoms with van der Waals surface area (Å²) in [5, 5.41) is 0.523. The molecular formula is C23H25N5O7S. The number of aryl methyl sites for hydroxylation is 1. The SMILES string of the molecule is CC(=O)OC[C@H]1O[C@@H](n2cnc3c(Sc4ccc(C)cc4)nc(N)nc32)[C@H](OC(C)=O)[C@@H]1OC(C)=O. The van der Waals surface area contributed by atoms with Gasteiger partial charge in [0.15, 0.2) is 24.1 Å². The Bertz CT molecular complexity index is 1300. The van der Waals surface area contributed by atoms with Crippen LogP contribution in [0.3, 0.4) is 0 Å². The van der Waals surface area contributed by atoms with Gasteiger partial charge in [-0.25, -0.2) is 9.97 Å². The van der Waals surface area contributed by atoms with Crippen LogP contribution in [0, 0.1) is 6.92 Å². The molecule has 1 fully saturated rings. The highest BCUT2D eigenvalue weighted by Gasteiger charge is 2.51. The maximum atomic E-state index is 11.9. The van der Waals surface area contributed by atoms with Gasteiger partial charge in [0.1, 0.15) is 23.3 Å². The molecule has 0 aliphatic carbocycles. The Morgan fingerprint density at radius 1 is 1.03 bits per heavy atom. The fourth-order valence-electron chi connectivity index (χ4n) is 3.80. The third-order valence-corrected chi connectivity index (χ3v) is 6.24. The van der Waals surface area contributed by atoms with E-state index in [0.717, 1.165) is 10.5 Å². The standard InChI is InChI=1S/C23H25N5O7S/c1-11-5-7-15(8-6-11)36-21-17-20(26-23(24)27-21)28(10-25-17)22-19(34-14(4)31)18(33-13(3)30)16(35-22)9-32-12(2)29/h5-8,10,16,18-19,22H,9H2,1-4H3,(H2,24,26,27)/t16-,18-,19-,22-/m1/s1. The van der Waals surface area contributed by atoms with Gasteiger partial charge in [0.05, 0.1) is 6.33 Å². The van der Waals surface area contributed by atoms with Gasteiger partial charge in [-0.15, -0.1) is 0 Å². The van der Waals surface area contributed by atoms with Gasteiger partial charge >= 0.3 is 17.9 Å². The van der Waals surface area contributed by atoms with Gasteiger partial charge in [-0.3, -0.25) is 19.0 Å². The normalized spacial score (nSPS) is 21.3. The Labute approximate surface area is 210 Å². The summed E-state index contributed by atoms with van der Waals surface area (Å²) in [7, 11) is 0. The number of benzene rings is 1. The van der Waals surface area contributed by atoms with E-state index < -0.39 is 42.4 Å². The van der Waals surface area contributed by atoms with Crippen molar-refractivity contribution in [1.29, 1.82) is 0 Å². The van der Waals surface area contributed by atoms with Crippen LogP contribution in [0.4, 0.5) is 5.95 Å². The molecule has 0 unspecified atom stereocenters. The molecule has 0 saturated carbocycles. The molecule has 190 valence electrons. The predicted molar refractivity (Wildman–Crippen MR) is 127 cm³/mol. The lowest BCUT2D eigenvalue weighted by Crippen LogP contribution is -2.40. The van der Waals surface area contributed by atoms with Gasteiger partial charge in [-0.2, -0.15) is 4.98 Å². The van der Waals surface area contributed by atoms with E-state index in [1.807, 2.05) is 31.2 Å². The van der Waals surface area contributed by atoms with E-state index >= 15 is 0 Å². The number of fused-ring (bicyclic) bond motifs is 1. The molecule has 1 aliphatic heterocycles. The number of esters is 3. The first kappa shape index (κ1) is 25.4. The van der Waals surface area contributed by atoms with Crippen molar-refractivity contribution < 1.29 is 33.3 Å². The molecule has 0 radical (unpaired) electrons. The molecule has 1 saturated heterocycles. The van der Waals surface area contributed by atoms with E-state index in [1.54, 1.807) is 0 Å². The molecule has 0 bridgehead atoms. The quantitative estimate of drug-likeness (QED) is 0.278. The molecule has 0 spiro atoms. The third kappa shape index (κ3) is 5.57. The number of aromatic nitrogens is 4. The van der Waals surface area contributed by atoms with Crippen LogP contribution in [0.15, 0.2) is 40.5 Å². The van der Waals surface area contributed by atoms with Gasteiger partial charge < -0.3 is 24.7 Å². The summed E-state index contributed by atoms with van der Waals surface area (Å²) in [5.74, 6) is -1.77. The minimum absolute atomic E-state index is 0.00824. The summed E-state index contributed by atoms with van der Waals surface area (Å²) < 4.78 is 23.6. The molecule has 0 amide bonds. The van der Waals surface area contributed by atoms with Crippen LogP contribution in [0.25, 0.3) is 11.2 Å². The zero-order chi connectivity index (χ0) is 26.0. The van der Waals surface area contributed by atoms with Gasteiger partial charge in [0.25, 0.3) is 0 Å². The van der Waals surface area contributed by atoms with Crippen molar-refractivity contribution in [2.45, 2.75) is 62.2 Å². The monoisotopic (exact) mass is 515 g/mol. The van der Waals surface area contributed by atoms with Crippen molar-refractivity contribution in [3.63, 3.8) is 0 Å². The third-order valence-electron chi connectivity index (χ3n) is 5.26. The number of rotatable bonds is 7. The maximum Gasteiger partial charge on any atom is 0.303 e. The summed E-state index contributed by atoms with van der Waals surface area (Å²) in [4.78, 5) is 49.2. The second-order valence-electron chi connectivity index (χ2n) is 8.14. The van der Waals surface area contributed by atoms with E-state index in [2.05, 4.69) is 15.0 Å². The average Bonchev–Trinajstić information content (AvgIpc) is 3.35. The molecule has 13 heteroatoms. The molecule has 2 N–H and O–H groups in total. The highest BCUT2D eigenvalue weighted by atomic mass is 32.2. The lowest BCUT2D eigenvalue weighted by molar-refractivity contribution is -0.166.